The fourth-order valence-corrected chi connectivity index (χ4v) is 3.13. The number of aliphatic hydroxyl groups excluding tert-OH is 1. The highest BCUT2D eigenvalue weighted by Crippen LogP contribution is 2.32. The zero-order valence-electron chi connectivity index (χ0n) is 9.59. The van der Waals surface area contributed by atoms with Crippen LogP contribution in [0.4, 0.5) is 5.13 Å². The number of hydrogen-bond acceptors (Lipinski definition) is 5. The normalized spacial score (nSPS) is 19.6. The van der Waals surface area contributed by atoms with Crippen molar-refractivity contribution in [1.29, 1.82) is 0 Å². The van der Waals surface area contributed by atoms with Crippen molar-refractivity contribution >= 4 is 32.6 Å². The number of anilines is 1. The molecule has 5 nitrogen and oxygen atoms in total. The van der Waals surface area contributed by atoms with Gasteiger partial charge in [-0.3, -0.25) is 4.79 Å². The van der Waals surface area contributed by atoms with E-state index in [1.54, 1.807) is 6.07 Å². The minimum atomic E-state index is -0.515. The van der Waals surface area contributed by atoms with Crippen LogP contribution in [-0.4, -0.2) is 35.2 Å². The SMILES string of the molecule is NC(=O)c1[c]ccc2sc(N3CC[C@@H](O)C3)nc12. The quantitative estimate of drug-likeness (QED) is 0.837. The number of rotatable bonds is 2. The molecule has 3 rings (SSSR count). The Balaban J connectivity index is 2.05. The third kappa shape index (κ3) is 1.83. The van der Waals surface area contributed by atoms with Gasteiger partial charge in [0, 0.05) is 13.1 Å². The third-order valence-corrected chi connectivity index (χ3v) is 4.10. The van der Waals surface area contributed by atoms with Gasteiger partial charge < -0.3 is 15.7 Å². The Morgan fingerprint density at radius 3 is 3.17 bits per heavy atom. The molecule has 0 unspecified atom stereocenters. The summed E-state index contributed by atoms with van der Waals surface area (Å²) in [4.78, 5) is 17.8. The Morgan fingerprint density at radius 2 is 2.50 bits per heavy atom. The zero-order valence-corrected chi connectivity index (χ0v) is 10.4. The lowest BCUT2D eigenvalue weighted by Crippen LogP contribution is -2.20. The van der Waals surface area contributed by atoms with Crippen molar-refractivity contribution in [3.63, 3.8) is 0 Å². The maximum Gasteiger partial charge on any atom is 0.251 e. The summed E-state index contributed by atoms with van der Waals surface area (Å²) >= 11 is 1.50. The molecule has 1 aliphatic rings. The van der Waals surface area contributed by atoms with Crippen LogP contribution in [-0.2, 0) is 0 Å². The molecule has 1 fully saturated rings. The number of hydrogen-bond donors (Lipinski definition) is 2. The first kappa shape index (κ1) is 11.4. The predicted octanol–water partition coefficient (Wildman–Crippen LogP) is 0.766. The summed E-state index contributed by atoms with van der Waals surface area (Å²) in [5.41, 5.74) is 6.24. The molecule has 18 heavy (non-hydrogen) atoms. The Hall–Kier alpha value is -1.66. The Bertz CT molecular complexity index is 610. The number of nitrogens with two attached hydrogens (primary N) is 1. The van der Waals surface area contributed by atoms with Gasteiger partial charge in [0.1, 0.15) is 0 Å². The molecule has 0 aliphatic carbocycles. The molecule has 1 aliphatic heterocycles. The Morgan fingerprint density at radius 1 is 1.67 bits per heavy atom. The predicted molar refractivity (Wildman–Crippen MR) is 69.8 cm³/mol. The molecule has 0 spiro atoms. The fraction of sp³-hybridized carbons (Fsp3) is 0.333. The number of primary amides is 1. The van der Waals surface area contributed by atoms with E-state index in [0.717, 1.165) is 22.8 Å². The molecule has 2 heterocycles. The molecule has 6 heteroatoms. The van der Waals surface area contributed by atoms with Crippen molar-refractivity contribution in [1.82, 2.24) is 4.98 Å². The largest absolute Gasteiger partial charge is 0.391 e. The second kappa shape index (κ2) is 4.22. The first-order chi connectivity index (χ1) is 8.65. The Labute approximate surface area is 108 Å². The summed E-state index contributed by atoms with van der Waals surface area (Å²) in [5, 5.41) is 10.4. The lowest BCUT2D eigenvalue weighted by molar-refractivity contribution is 0.100. The average Bonchev–Trinajstić information content (AvgIpc) is 2.93. The van der Waals surface area contributed by atoms with E-state index < -0.39 is 5.91 Å². The van der Waals surface area contributed by atoms with E-state index >= 15 is 0 Å². The minimum Gasteiger partial charge on any atom is -0.391 e. The van der Waals surface area contributed by atoms with E-state index in [1.165, 1.54) is 11.3 Å². The van der Waals surface area contributed by atoms with E-state index in [4.69, 9.17) is 5.73 Å². The Kier molecular flexibility index (Phi) is 2.68. The summed E-state index contributed by atoms with van der Waals surface area (Å²) in [6.07, 6.45) is 0.462. The van der Waals surface area contributed by atoms with Crippen LogP contribution in [0.2, 0.25) is 0 Å². The standard InChI is InChI=1S/C12H12N3O2S/c13-11(17)8-2-1-3-9-10(8)14-12(18-9)15-5-4-7(16)6-15/h1,3,7,16H,4-6H2,(H2,13,17)/t7-/m1/s1. The molecule has 2 aromatic rings. The molecule has 1 atom stereocenters. The number of amides is 1. The maximum atomic E-state index is 11.3. The van der Waals surface area contributed by atoms with Crippen molar-refractivity contribution in [3.8, 4) is 0 Å². The van der Waals surface area contributed by atoms with Crippen LogP contribution in [0, 0.1) is 6.07 Å². The van der Waals surface area contributed by atoms with E-state index in [-0.39, 0.29) is 6.10 Å². The van der Waals surface area contributed by atoms with Crippen LogP contribution in [0.3, 0.4) is 0 Å². The number of aromatic nitrogens is 1. The van der Waals surface area contributed by atoms with Gasteiger partial charge in [-0.15, -0.1) is 0 Å². The lowest BCUT2D eigenvalue weighted by atomic mass is 10.2. The highest BCUT2D eigenvalue weighted by Gasteiger charge is 2.23. The second-order valence-corrected chi connectivity index (χ2v) is 5.32. The van der Waals surface area contributed by atoms with Crippen molar-refractivity contribution in [2.24, 2.45) is 5.73 Å². The number of carbonyl (C=O) groups is 1. The minimum absolute atomic E-state index is 0.292. The number of carbonyl (C=O) groups excluding carboxylic acids is 1. The average molecular weight is 262 g/mol. The first-order valence-electron chi connectivity index (χ1n) is 5.69. The highest BCUT2D eigenvalue weighted by atomic mass is 32.1. The van der Waals surface area contributed by atoms with Gasteiger partial charge in [0.15, 0.2) is 5.13 Å². The molecule has 1 aromatic carbocycles. The van der Waals surface area contributed by atoms with Gasteiger partial charge in [-0.25, -0.2) is 4.98 Å². The van der Waals surface area contributed by atoms with Crippen LogP contribution in [0.1, 0.15) is 16.8 Å². The summed E-state index contributed by atoms with van der Waals surface area (Å²) in [6, 6.07) is 6.38. The van der Waals surface area contributed by atoms with Gasteiger partial charge >= 0.3 is 0 Å². The lowest BCUT2D eigenvalue weighted by Gasteiger charge is -2.12. The van der Waals surface area contributed by atoms with Crippen LogP contribution in [0.15, 0.2) is 12.1 Å². The van der Waals surface area contributed by atoms with Gasteiger partial charge in [-0.05, 0) is 18.6 Å². The number of nitrogens with zero attached hydrogens (tertiary/aromatic N) is 2. The monoisotopic (exact) mass is 262 g/mol. The topological polar surface area (TPSA) is 79.5 Å². The number of benzene rings is 1. The molecule has 0 bridgehead atoms. The van der Waals surface area contributed by atoms with Crippen molar-refractivity contribution < 1.29 is 9.90 Å². The number of aliphatic hydroxyl groups is 1. The zero-order chi connectivity index (χ0) is 12.7. The van der Waals surface area contributed by atoms with E-state index in [2.05, 4.69) is 11.1 Å². The maximum absolute atomic E-state index is 11.3. The molecule has 0 saturated carbocycles. The van der Waals surface area contributed by atoms with Crippen LogP contribution < -0.4 is 10.6 Å². The van der Waals surface area contributed by atoms with Crippen molar-refractivity contribution in [3.05, 3.63) is 23.8 Å². The molecule has 1 aromatic heterocycles. The second-order valence-electron chi connectivity index (χ2n) is 4.31. The van der Waals surface area contributed by atoms with Crippen molar-refractivity contribution in [2.75, 3.05) is 18.0 Å². The van der Waals surface area contributed by atoms with Gasteiger partial charge in [0.2, 0.25) is 0 Å². The number of fused-ring (bicyclic) bond motifs is 1. The molecule has 1 saturated heterocycles. The van der Waals surface area contributed by atoms with Gasteiger partial charge in [0.05, 0.1) is 21.9 Å². The van der Waals surface area contributed by atoms with Crippen LogP contribution in [0.5, 0.6) is 0 Å². The summed E-state index contributed by atoms with van der Waals surface area (Å²) in [5.74, 6) is -0.515. The van der Waals surface area contributed by atoms with E-state index in [9.17, 15) is 9.90 Å². The van der Waals surface area contributed by atoms with Gasteiger partial charge in [-0.2, -0.15) is 0 Å². The summed E-state index contributed by atoms with van der Waals surface area (Å²) in [6.45, 7) is 1.38. The van der Waals surface area contributed by atoms with Crippen LogP contribution in [0.25, 0.3) is 10.2 Å². The molecular formula is C12H12N3O2S. The third-order valence-electron chi connectivity index (χ3n) is 3.02. The number of thiazole rings is 1. The molecule has 1 radical (unpaired) electrons. The molecule has 93 valence electrons. The molecule has 3 N–H and O–H groups in total. The smallest absolute Gasteiger partial charge is 0.251 e. The fourth-order valence-electron chi connectivity index (χ4n) is 2.12. The van der Waals surface area contributed by atoms with E-state index in [0.29, 0.717) is 17.6 Å². The molecule has 1 amide bonds. The van der Waals surface area contributed by atoms with Crippen LogP contribution >= 0.6 is 11.3 Å². The van der Waals surface area contributed by atoms with Gasteiger partial charge in [0.25, 0.3) is 5.91 Å². The highest BCUT2D eigenvalue weighted by molar-refractivity contribution is 7.22. The molecular weight excluding hydrogens is 250 g/mol. The van der Waals surface area contributed by atoms with E-state index in [1.807, 2.05) is 11.0 Å². The first-order valence-corrected chi connectivity index (χ1v) is 6.51. The summed E-state index contributed by atoms with van der Waals surface area (Å²) < 4.78 is 0.916. The van der Waals surface area contributed by atoms with Crippen molar-refractivity contribution in [2.45, 2.75) is 12.5 Å². The van der Waals surface area contributed by atoms with Gasteiger partial charge in [-0.1, -0.05) is 17.4 Å². The number of β-amino-alcohol motifs (C(OH)–C–C–N with tert-alkyl or cyclic N) is 1. The summed E-state index contributed by atoms with van der Waals surface area (Å²) in [7, 11) is 0.